The summed E-state index contributed by atoms with van der Waals surface area (Å²) in [4.78, 5) is 63.2. The molecule has 0 saturated carbocycles. The number of rotatable bonds is 5. The number of fused-ring (bicyclic) bond motifs is 3. The van der Waals surface area contributed by atoms with Gasteiger partial charge in [-0.25, -0.2) is 24.4 Å². The molecular weight excluding hydrogens is 764 g/mol. The number of carbonyl (C=O) groups is 5. The molecule has 18 heteroatoms. The lowest BCUT2D eigenvalue weighted by molar-refractivity contribution is 0.0686. The average Bonchev–Trinajstić information content (AvgIpc) is 3.97. The van der Waals surface area contributed by atoms with Crippen molar-refractivity contribution in [2.45, 2.75) is 0 Å². The number of carboxylic acids is 2. The highest BCUT2D eigenvalue weighted by Gasteiger charge is 2.12. The van der Waals surface area contributed by atoms with E-state index in [0.29, 0.717) is 44.1 Å². The molecule has 57 heavy (non-hydrogen) atoms. The molecule has 0 unspecified atom stereocenters. The average molecular weight is 793 g/mol. The normalized spacial score (nSPS) is 10.2. The van der Waals surface area contributed by atoms with Crippen molar-refractivity contribution >= 4 is 85.9 Å². The Balaban J connectivity index is 0.000000153. The van der Waals surface area contributed by atoms with Gasteiger partial charge in [0.05, 0.1) is 23.1 Å². The highest BCUT2D eigenvalue weighted by atomic mass is 35.5. The van der Waals surface area contributed by atoms with Gasteiger partial charge >= 0.3 is 18.0 Å². The van der Waals surface area contributed by atoms with Crippen LogP contribution >= 0.6 is 11.6 Å². The third-order valence-corrected chi connectivity index (χ3v) is 7.73. The van der Waals surface area contributed by atoms with E-state index in [2.05, 4.69) is 20.6 Å². The van der Waals surface area contributed by atoms with E-state index in [1.165, 1.54) is 43.3 Å². The van der Waals surface area contributed by atoms with E-state index in [9.17, 15) is 24.0 Å². The number of halogens is 1. The molecule has 0 aliphatic rings. The smallest absolute Gasteiger partial charge is 0.335 e. The van der Waals surface area contributed by atoms with Gasteiger partial charge in [0.15, 0.2) is 24.0 Å². The van der Waals surface area contributed by atoms with E-state index in [0.717, 1.165) is 17.0 Å². The van der Waals surface area contributed by atoms with Crippen molar-refractivity contribution in [2.75, 3.05) is 11.1 Å². The Bertz CT molecular complexity index is 2660. The molecule has 9 N–H and O–H groups in total. The Morgan fingerprint density at radius 3 is 1.84 bits per heavy atom. The van der Waals surface area contributed by atoms with Crippen molar-refractivity contribution in [3.05, 3.63) is 149 Å². The van der Waals surface area contributed by atoms with Gasteiger partial charge in [-0.05, 0) is 91.0 Å². The summed E-state index contributed by atoms with van der Waals surface area (Å²) < 4.78 is 15.2. The van der Waals surface area contributed by atoms with E-state index in [4.69, 9.17) is 51.6 Å². The van der Waals surface area contributed by atoms with Gasteiger partial charge in [0.2, 0.25) is 5.91 Å². The van der Waals surface area contributed by atoms with Gasteiger partial charge in [-0.3, -0.25) is 14.9 Å². The zero-order chi connectivity index (χ0) is 41.1. The fraction of sp³-hybridized carbons (Fsp3) is 0. The minimum atomic E-state index is -1.08. The van der Waals surface area contributed by atoms with Crippen LogP contribution in [-0.2, 0) is 0 Å². The van der Waals surface area contributed by atoms with Crippen LogP contribution in [0.2, 0.25) is 5.02 Å². The minimum Gasteiger partial charge on any atom is -0.506 e. The number of anilines is 2. The summed E-state index contributed by atoms with van der Waals surface area (Å²) in [5.41, 5.74) is 15.0. The van der Waals surface area contributed by atoms with E-state index in [1.54, 1.807) is 72.8 Å². The van der Waals surface area contributed by atoms with Crippen LogP contribution in [0.15, 0.2) is 135 Å². The second-order valence-corrected chi connectivity index (χ2v) is 11.8. The summed E-state index contributed by atoms with van der Waals surface area (Å²) in [5, 5.41) is 32.2. The van der Waals surface area contributed by atoms with E-state index < -0.39 is 29.8 Å². The number of phenols is 1. The number of benzene rings is 5. The zero-order valence-corrected chi connectivity index (χ0v) is 29.8. The molecule has 0 aliphatic carbocycles. The SMILES string of the molecule is NC(=O)c1ccc2ncoc2c1.Nc1ccc(C(=O)O)cc1O.O=C(NC(=O)c1ccc2ccoc2c1)Nc1cccc(Cl)c1.O=C(O)c1ccc2ncoc2c1. The van der Waals surface area contributed by atoms with Crippen molar-refractivity contribution in [2.24, 2.45) is 5.73 Å². The van der Waals surface area contributed by atoms with Crippen LogP contribution < -0.4 is 22.1 Å². The van der Waals surface area contributed by atoms with E-state index in [-0.39, 0.29) is 22.6 Å². The first kappa shape index (κ1) is 40.0. The highest BCUT2D eigenvalue weighted by molar-refractivity contribution is 6.31. The number of phenolic OH excluding ortho intramolecular Hbond substituents is 1. The summed E-state index contributed by atoms with van der Waals surface area (Å²) in [6.07, 6.45) is 4.16. The first-order chi connectivity index (χ1) is 27.3. The minimum absolute atomic E-state index is 0.0247. The lowest BCUT2D eigenvalue weighted by Crippen LogP contribution is -2.34. The molecule has 0 aliphatic heterocycles. The summed E-state index contributed by atoms with van der Waals surface area (Å²) in [5.74, 6) is -3.23. The Morgan fingerprint density at radius 2 is 1.23 bits per heavy atom. The van der Waals surface area contributed by atoms with E-state index >= 15 is 0 Å². The number of urea groups is 1. The Morgan fingerprint density at radius 1 is 0.649 bits per heavy atom. The van der Waals surface area contributed by atoms with Crippen molar-refractivity contribution < 1.29 is 52.5 Å². The molecule has 3 aromatic heterocycles. The van der Waals surface area contributed by atoms with Crippen molar-refractivity contribution in [1.29, 1.82) is 0 Å². The molecule has 3 heterocycles. The number of oxazole rings is 2. The summed E-state index contributed by atoms with van der Waals surface area (Å²) in [6, 6.07) is 26.0. The molecule has 17 nitrogen and oxygen atoms in total. The number of amides is 4. The molecule has 288 valence electrons. The first-order valence-corrected chi connectivity index (χ1v) is 16.5. The Kier molecular flexibility index (Phi) is 12.8. The third kappa shape index (κ3) is 10.9. The molecule has 4 amide bonds. The van der Waals surface area contributed by atoms with Crippen LogP contribution in [0, 0.1) is 0 Å². The number of nitrogens with zero attached hydrogens (tertiary/aromatic N) is 2. The molecule has 0 spiro atoms. The molecule has 8 aromatic rings. The predicted molar refractivity (Wildman–Crippen MR) is 207 cm³/mol. The first-order valence-electron chi connectivity index (χ1n) is 16.1. The number of nitrogens with one attached hydrogen (secondary N) is 2. The lowest BCUT2D eigenvalue weighted by atomic mass is 10.1. The standard InChI is InChI=1S/C16H11ClN2O3.C8H6N2O2.C8H5NO3.C7H7NO3/c17-12-2-1-3-13(9-12)18-16(21)19-15(20)11-5-4-10-6-7-22-14(10)8-11;9-8(11)5-1-2-6-7(3-5)12-4-10-6;10-8(11)5-1-2-6-7(3-5)12-4-9-6;8-5-2-1-4(7(10)11)3-6(5)9/h1-9H,(H2,18,19,20,21);1-4H,(H2,9,11);1-4H,(H,10,11);1-3,9H,8H2,(H,10,11). The second-order valence-electron chi connectivity index (χ2n) is 11.4. The lowest BCUT2D eigenvalue weighted by Gasteiger charge is -2.07. The number of aromatic nitrogens is 2. The summed E-state index contributed by atoms with van der Waals surface area (Å²) in [6.45, 7) is 0. The van der Waals surface area contributed by atoms with Gasteiger partial charge in [-0.2, -0.15) is 0 Å². The number of carboxylic acid groups (broad SMARTS) is 2. The number of hydrogen-bond acceptors (Lipinski definition) is 12. The molecule has 5 aromatic carbocycles. The van der Waals surface area contributed by atoms with Crippen LogP contribution in [0.3, 0.4) is 0 Å². The van der Waals surface area contributed by atoms with Crippen molar-refractivity contribution in [3.63, 3.8) is 0 Å². The van der Waals surface area contributed by atoms with Gasteiger partial charge in [-0.15, -0.1) is 0 Å². The molecule has 0 saturated heterocycles. The second kappa shape index (κ2) is 18.2. The van der Waals surface area contributed by atoms with Gasteiger partial charge in [0, 0.05) is 27.2 Å². The number of primary amides is 1. The zero-order valence-electron chi connectivity index (χ0n) is 29.1. The maximum atomic E-state index is 12.0. The van der Waals surface area contributed by atoms with Crippen molar-refractivity contribution in [3.8, 4) is 5.75 Å². The predicted octanol–water partition coefficient (Wildman–Crippen LogP) is 7.17. The maximum absolute atomic E-state index is 12.0. The Labute approximate surface area is 325 Å². The topological polar surface area (TPSA) is 287 Å². The van der Waals surface area contributed by atoms with E-state index in [1.807, 2.05) is 0 Å². The van der Waals surface area contributed by atoms with Crippen LogP contribution in [0.25, 0.3) is 33.2 Å². The number of aromatic hydroxyl groups is 1. The van der Waals surface area contributed by atoms with Gasteiger partial charge in [0.1, 0.15) is 22.4 Å². The van der Waals surface area contributed by atoms with Crippen LogP contribution in [-0.4, -0.2) is 55.1 Å². The molecule has 0 atom stereocenters. The number of aromatic carboxylic acids is 2. The fourth-order valence-corrected chi connectivity index (χ4v) is 4.86. The largest absolute Gasteiger partial charge is 0.506 e. The fourth-order valence-electron chi connectivity index (χ4n) is 4.67. The monoisotopic (exact) mass is 792 g/mol. The number of nitrogen functional groups attached to an aromatic ring is 1. The number of hydrogen-bond donors (Lipinski definition) is 7. The number of carbonyl (C=O) groups excluding carboxylic acids is 3. The number of furan rings is 1. The van der Waals surface area contributed by atoms with Gasteiger partial charge in [0.25, 0.3) is 5.91 Å². The number of nitrogens with two attached hydrogens (primary N) is 2. The number of imide groups is 1. The highest BCUT2D eigenvalue weighted by Crippen LogP contribution is 2.21. The van der Waals surface area contributed by atoms with Crippen LogP contribution in [0.5, 0.6) is 5.75 Å². The van der Waals surface area contributed by atoms with Gasteiger partial charge < -0.3 is 45.4 Å². The molecule has 0 fully saturated rings. The quantitative estimate of drug-likeness (QED) is 0.0672. The van der Waals surface area contributed by atoms with Crippen molar-refractivity contribution in [1.82, 2.24) is 15.3 Å². The summed E-state index contributed by atoms with van der Waals surface area (Å²) >= 11 is 5.83. The molecule has 8 rings (SSSR count). The molecule has 0 radical (unpaired) electrons. The Hall–Kier alpha value is -8.18. The molecule has 0 bridgehead atoms. The molecular formula is C39H29ClN6O11. The third-order valence-electron chi connectivity index (χ3n) is 7.50. The van der Waals surface area contributed by atoms with Gasteiger partial charge in [-0.1, -0.05) is 23.7 Å². The van der Waals surface area contributed by atoms with Crippen LogP contribution in [0.4, 0.5) is 16.2 Å². The summed E-state index contributed by atoms with van der Waals surface area (Å²) in [7, 11) is 0. The maximum Gasteiger partial charge on any atom is 0.335 e. The van der Waals surface area contributed by atoms with Crippen LogP contribution in [0.1, 0.15) is 41.4 Å².